The molecule has 8 atom stereocenters. The predicted molar refractivity (Wildman–Crippen MR) is 131 cm³/mol. The Morgan fingerprint density at radius 2 is 1.91 bits per heavy atom. The van der Waals surface area contributed by atoms with Crippen molar-refractivity contribution in [3.05, 3.63) is 11.3 Å². The van der Waals surface area contributed by atoms with Crippen LogP contribution in [-0.4, -0.2) is 79.9 Å². The number of carbonyl (C=O) groups is 2. The summed E-state index contributed by atoms with van der Waals surface area (Å²) in [5.41, 5.74) is -1.05. The first-order valence-corrected chi connectivity index (χ1v) is 13.0. The third-order valence-corrected chi connectivity index (χ3v) is 7.78. The molecule has 0 aromatic carbocycles. The first-order valence-electron chi connectivity index (χ1n) is 12.1. The van der Waals surface area contributed by atoms with Gasteiger partial charge >= 0.3 is 5.97 Å². The minimum atomic E-state index is -1.15. The van der Waals surface area contributed by atoms with E-state index in [1.165, 1.54) is 0 Å². The molecule has 0 radical (unpaired) electrons. The van der Waals surface area contributed by atoms with Gasteiger partial charge in [-0.15, -0.1) is 0 Å². The number of nitrogens with zero attached hydrogens (tertiary/aromatic N) is 1. The van der Waals surface area contributed by atoms with Crippen LogP contribution < -0.4 is 0 Å². The fraction of sp³-hybridized carbons (Fsp3) is 0.840. The summed E-state index contributed by atoms with van der Waals surface area (Å²) in [6.07, 6.45) is 0.323. The van der Waals surface area contributed by atoms with E-state index in [1.54, 1.807) is 27.9 Å². The predicted octanol–water partition coefficient (Wildman–Crippen LogP) is 3.95. The highest BCUT2D eigenvalue weighted by atomic mass is 31.1. The van der Waals surface area contributed by atoms with Crippen LogP contribution in [0.3, 0.4) is 0 Å². The van der Waals surface area contributed by atoms with E-state index >= 15 is 0 Å². The molecule has 0 amide bonds. The second-order valence-electron chi connectivity index (χ2n) is 10.7. The van der Waals surface area contributed by atoms with Crippen LogP contribution in [-0.2, 0) is 37.8 Å². The van der Waals surface area contributed by atoms with E-state index in [0.717, 1.165) is 6.29 Å². The van der Waals surface area contributed by atoms with Crippen molar-refractivity contribution in [1.29, 1.82) is 0 Å². The number of hydrogen-bond acceptors (Lipinski definition) is 9. The van der Waals surface area contributed by atoms with Crippen LogP contribution in [0.4, 0.5) is 0 Å². The summed E-state index contributed by atoms with van der Waals surface area (Å²) in [6.45, 7) is 12.5. The monoisotopic (exact) mass is 515 g/mol. The number of methoxy groups -OCH3 is 1. The number of aldehydes is 1. The SMILES string of the molecule is CO[C@](C)(C[C@@H](C)C=O)[C@H](O[C@@H]1OC(C)CC(N(C)C)C1P=O)[C@@H](C)C1=C(C)C(=O)OC(C)(C)O1. The molecule has 35 heavy (non-hydrogen) atoms. The molecule has 0 saturated carbocycles. The molecule has 2 aliphatic heterocycles. The average molecular weight is 516 g/mol. The van der Waals surface area contributed by atoms with Gasteiger partial charge in [-0.2, -0.15) is 0 Å². The number of carbonyl (C=O) groups excluding carboxylic acids is 2. The molecular weight excluding hydrogens is 473 g/mol. The van der Waals surface area contributed by atoms with Crippen molar-refractivity contribution in [1.82, 2.24) is 4.90 Å². The zero-order chi connectivity index (χ0) is 26.7. The summed E-state index contributed by atoms with van der Waals surface area (Å²) >= 11 is 0. The molecule has 0 aromatic heterocycles. The molecule has 200 valence electrons. The van der Waals surface area contributed by atoms with Crippen molar-refractivity contribution in [2.24, 2.45) is 11.8 Å². The smallest absolute Gasteiger partial charge is 0.340 e. The van der Waals surface area contributed by atoms with Gasteiger partial charge < -0.3 is 33.4 Å². The van der Waals surface area contributed by atoms with Crippen molar-refractivity contribution < 1.29 is 37.8 Å². The molecule has 0 aliphatic carbocycles. The highest BCUT2D eigenvalue weighted by molar-refractivity contribution is 7.24. The zero-order valence-electron chi connectivity index (χ0n) is 22.7. The second kappa shape index (κ2) is 11.8. The van der Waals surface area contributed by atoms with Gasteiger partial charge in [0, 0.05) is 38.8 Å². The number of hydrogen-bond donors (Lipinski definition) is 0. The van der Waals surface area contributed by atoms with Crippen LogP contribution in [0.15, 0.2) is 11.3 Å². The Morgan fingerprint density at radius 3 is 2.43 bits per heavy atom. The summed E-state index contributed by atoms with van der Waals surface area (Å²) in [5.74, 6) is -1.97. The lowest BCUT2D eigenvalue weighted by atomic mass is 9.81. The van der Waals surface area contributed by atoms with Gasteiger partial charge in [-0.1, -0.05) is 13.8 Å². The first kappa shape index (κ1) is 29.8. The van der Waals surface area contributed by atoms with Gasteiger partial charge in [-0.05, 0) is 47.7 Å². The van der Waals surface area contributed by atoms with Crippen molar-refractivity contribution in [2.45, 2.75) is 103 Å². The van der Waals surface area contributed by atoms with Crippen LogP contribution >= 0.6 is 8.46 Å². The third kappa shape index (κ3) is 6.89. The molecule has 10 heteroatoms. The molecule has 1 saturated heterocycles. The molecule has 2 aliphatic rings. The number of cyclic esters (lactones) is 1. The summed E-state index contributed by atoms with van der Waals surface area (Å²) < 4.78 is 42.6. The van der Waals surface area contributed by atoms with E-state index in [4.69, 9.17) is 23.7 Å². The zero-order valence-corrected chi connectivity index (χ0v) is 23.6. The van der Waals surface area contributed by atoms with E-state index in [-0.39, 0.29) is 26.5 Å². The standard InChI is InChI=1S/C25H42NO8P/c1-14(13-27)12-25(7,30-10)21(16(3)19-17(4)22(28)34-24(5,6)33-19)32-23-20(35-29)18(26(8)9)11-15(2)31-23/h13-16,18,20-21,23H,11-12H2,1-10H3/t14-,15?,16+,18?,20?,21-,23+,25-/m1/s1. The topological polar surface area (TPSA) is 101 Å². The van der Waals surface area contributed by atoms with Crippen LogP contribution in [0, 0.1) is 11.8 Å². The van der Waals surface area contributed by atoms with Gasteiger partial charge in [0.05, 0.1) is 23.4 Å². The molecule has 0 N–H and O–H groups in total. The molecular formula is C25H42NO8P. The summed E-state index contributed by atoms with van der Waals surface area (Å²) in [4.78, 5) is 26.2. The Bertz CT molecular complexity index is 815. The molecule has 3 unspecified atom stereocenters. The number of esters is 1. The fourth-order valence-electron chi connectivity index (χ4n) is 5.05. The second-order valence-corrected chi connectivity index (χ2v) is 11.5. The molecule has 9 nitrogen and oxygen atoms in total. The lowest BCUT2D eigenvalue weighted by molar-refractivity contribution is -0.265. The highest BCUT2D eigenvalue weighted by Crippen LogP contribution is 2.41. The minimum Gasteiger partial charge on any atom is -0.456 e. The summed E-state index contributed by atoms with van der Waals surface area (Å²) in [7, 11) is 5.37. The third-order valence-electron chi connectivity index (χ3n) is 6.94. The fourth-order valence-corrected chi connectivity index (χ4v) is 5.82. The maximum absolute atomic E-state index is 12.6. The van der Waals surface area contributed by atoms with E-state index in [1.807, 2.05) is 46.7 Å². The molecule has 0 aromatic rings. The van der Waals surface area contributed by atoms with Crippen LogP contribution in [0.2, 0.25) is 0 Å². The lowest BCUT2D eigenvalue weighted by Gasteiger charge is -2.47. The van der Waals surface area contributed by atoms with E-state index in [9.17, 15) is 14.2 Å². The average Bonchev–Trinajstić information content (AvgIpc) is 2.78. The van der Waals surface area contributed by atoms with Gasteiger partial charge in [0.15, 0.2) is 14.8 Å². The lowest BCUT2D eigenvalue weighted by Crippen LogP contribution is -2.57. The van der Waals surface area contributed by atoms with E-state index in [0.29, 0.717) is 24.2 Å². The molecule has 0 bridgehead atoms. The Balaban J connectivity index is 2.55. The van der Waals surface area contributed by atoms with Gasteiger partial charge in [-0.3, -0.25) is 4.57 Å². The van der Waals surface area contributed by atoms with E-state index in [2.05, 4.69) is 0 Å². The van der Waals surface area contributed by atoms with Crippen LogP contribution in [0.25, 0.3) is 0 Å². The van der Waals surface area contributed by atoms with E-state index < -0.39 is 41.3 Å². The Morgan fingerprint density at radius 1 is 1.29 bits per heavy atom. The van der Waals surface area contributed by atoms with Crippen molar-refractivity contribution in [3.8, 4) is 0 Å². The minimum absolute atomic E-state index is 0.0256. The Labute approximate surface area is 211 Å². The van der Waals surface area contributed by atoms with Crippen molar-refractivity contribution in [3.63, 3.8) is 0 Å². The Hall–Kier alpha value is -1.38. The molecule has 0 spiro atoms. The van der Waals surface area contributed by atoms with Gasteiger partial charge in [0.1, 0.15) is 17.7 Å². The van der Waals surface area contributed by atoms with Crippen LogP contribution in [0.1, 0.15) is 61.3 Å². The maximum atomic E-state index is 12.6. The molecule has 2 rings (SSSR count). The van der Waals surface area contributed by atoms with Crippen molar-refractivity contribution in [2.75, 3.05) is 21.2 Å². The van der Waals surface area contributed by atoms with Crippen LogP contribution in [0.5, 0.6) is 0 Å². The van der Waals surface area contributed by atoms with Gasteiger partial charge in [-0.25, -0.2) is 4.79 Å². The number of rotatable bonds is 11. The largest absolute Gasteiger partial charge is 0.456 e. The summed E-state index contributed by atoms with van der Waals surface area (Å²) in [6, 6.07) is -0.0256. The summed E-state index contributed by atoms with van der Waals surface area (Å²) in [5, 5.41) is 0. The quantitative estimate of drug-likeness (QED) is 0.230. The molecule has 2 heterocycles. The maximum Gasteiger partial charge on any atom is 0.340 e. The van der Waals surface area contributed by atoms with Gasteiger partial charge in [0.25, 0.3) is 0 Å². The molecule has 1 fully saturated rings. The number of ether oxygens (including phenoxy) is 5. The highest BCUT2D eigenvalue weighted by Gasteiger charge is 2.49. The van der Waals surface area contributed by atoms with Gasteiger partial charge in [0.2, 0.25) is 5.79 Å². The normalized spacial score (nSPS) is 31.3. The van der Waals surface area contributed by atoms with Crippen molar-refractivity contribution >= 4 is 20.7 Å². The Kier molecular flexibility index (Phi) is 10.0. The first-order chi connectivity index (χ1) is 16.2.